The number of anilines is 1. The number of carbonyl (C=O) groups is 1. The molecule has 1 N–H and O–H groups in total. The first-order valence-corrected chi connectivity index (χ1v) is 11.4. The van der Waals surface area contributed by atoms with Crippen LogP contribution in [-0.2, 0) is 11.6 Å². The maximum atomic E-state index is 12.6. The quantitative estimate of drug-likeness (QED) is 0.313. The predicted molar refractivity (Wildman–Crippen MR) is 123 cm³/mol. The fourth-order valence-corrected chi connectivity index (χ4v) is 4.08. The molecule has 6 nitrogen and oxygen atoms in total. The molecule has 12 heteroatoms. The van der Waals surface area contributed by atoms with Gasteiger partial charge in [-0.05, 0) is 47.0 Å². The largest absolute Gasteiger partial charge is 1.00 e. The molecule has 0 unspecified atom stereocenters. The van der Waals surface area contributed by atoms with Gasteiger partial charge < -0.3 is 9.84 Å². The Morgan fingerprint density at radius 1 is 1.09 bits per heavy atom. The Kier molecular flexibility index (Phi) is 11.1. The molecule has 2 heterocycles. The Hall–Kier alpha value is -1.54. The molecule has 0 spiro atoms. The number of alkyl halides is 3. The number of hydrogen-bond donors (Lipinski definition) is 1. The zero-order chi connectivity index (χ0) is 24.8. The summed E-state index contributed by atoms with van der Waals surface area (Å²) in [4.78, 5) is 12.9. The maximum Gasteiger partial charge on any atom is 1.00 e. The summed E-state index contributed by atoms with van der Waals surface area (Å²) in [5.74, 6) is 0.442. The number of hydrogen-bond acceptors (Lipinski definition) is 7. The molecule has 0 fully saturated rings. The van der Waals surface area contributed by atoms with Crippen molar-refractivity contribution in [3.8, 4) is 0 Å². The van der Waals surface area contributed by atoms with Crippen molar-refractivity contribution in [2.75, 3.05) is 5.32 Å². The number of aromatic nitrogens is 3. The van der Waals surface area contributed by atoms with Crippen LogP contribution in [0.2, 0.25) is 0 Å². The van der Waals surface area contributed by atoms with Crippen molar-refractivity contribution in [3.05, 3.63) is 83.9 Å². The molecule has 0 bridgehead atoms. The maximum absolute atomic E-state index is 12.6. The van der Waals surface area contributed by atoms with E-state index in [4.69, 9.17) is 4.52 Å². The van der Waals surface area contributed by atoms with Gasteiger partial charge in [-0.2, -0.15) is 37.4 Å². The van der Waals surface area contributed by atoms with E-state index in [1.807, 2.05) is 0 Å². The van der Waals surface area contributed by atoms with E-state index < -0.39 is 17.6 Å². The van der Waals surface area contributed by atoms with E-state index in [1.165, 1.54) is 12.1 Å². The fraction of sp³-hybridized carbons (Fsp3) is 0.217. The number of benzene rings is 2. The zero-order valence-electron chi connectivity index (χ0n) is 19.3. The topological polar surface area (TPSA) is 80.9 Å². The van der Waals surface area contributed by atoms with Crippen molar-refractivity contribution in [2.45, 2.75) is 41.5 Å². The normalized spacial score (nSPS) is 11.1. The van der Waals surface area contributed by atoms with Crippen LogP contribution in [0.5, 0.6) is 0 Å². The number of nitrogens with one attached hydrogen (secondary N) is 1. The van der Waals surface area contributed by atoms with Gasteiger partial charge in [-0.3, -0.25) is 4.79 Å². The van der Waals surface area contributed by atoms with Crippen LogP contribution in [0.1, 0.15) is 42.6 Å². The van der Waals surface area contributed by atoms with Crippen molar-refractivity contribution in [3.63, 3.8) is 0 Å². The first kappa shape index (κ1) is 29.7. The molecule has 2 aromatic heterocycles. The average Bonchev–Trinajstić information content (AvgIpc) is 3.47. The van der Waals surface area contributed by atoms with Gasteiger partial charge in [-0.15, -0.1) is 23.4 Å². The summed E-state index contributed by atoms with van der Waals surface area (Å²) in [6.45, 7) is 6.21. The Labute approximate surface area is 251 Å². The molecule has 0 radical (unpaired) electrons. The van der Waals surface area contributed by atoms with E-state index >= 15 is 0 Å². The summed E-state index contributed by atoms with van der Waals surface area (Å²) in [6.07, 6.45) is -1.76. The Balaban J connectivity index is 0.000000366. The van der Waals surface area contributed by atoms with E-state index in [2.05, 4.69) is 53.1 Å². The van der Waals surface area contributed by atoms with Crippen molar-refractivity contribution < 1.29 is 73.9 Å². The SMILES string of the molecule is CC(C)(C)c1c[c-]no1.O=C(Nc1cc[c-]cc1)c1nnsc1Sc1ccc(C(F)(F)F)cc1.[K+]. The van der Waals surface area contributed by atoms with Crippen LogP contribution < -0.4 is 56.7 Å². The van der Waals surface area contributed by atoms with Gasteiger partial charge in [0.05, 0.1) is 5.56 Å². The smallest absolute Gasteiger partial charge is 0.470 e. The van der Waals surface area contributed by atoms with Crippen LogP contribution in [0.3, 0.4) is 0 Å². The number of nitrogens with zero attached hydrogens (tertiary/aromatic N) is 3. The van der Waals surface area contributed by atoms with Gasteiger partial charge in [0, 0.05) is 4.90 Å². The third-order valence-corrected chi connectivity index (χ3v) is 6.06. The van der Waals surface area contributed by atoms with E-state index in [1.54, 1.807) is 30.3 Å². The van der Waals surface area contributed by atoms with Crippen LogP contribution in [0, 0.1) is 12.3 Å². The summed E-state index contributed by atoms with van der Waals surface area (Å²) < 4.78 is 46.9. The minimum absolute atomic E-state index is 0. The summed E-state index contributed by atoms with van der Waals surface area (Å²) in [5.41, 5.74) is 0.0515. The van der Waals surface area contributed by atoms with Crippen molar-refractivity contribution in [1.82, 2.24) is 14.7 Å². The predicted octanol–water partition coefficient (Wildman–Crippen LogP) is 3.54. The van der Waals surface area contributed by atoms with Gasteiger partial charge in [-0.25, -0.2) is 5.16 Å². The second-order valence-electron chi connectivity index (χ2n) is 7.85. The Bertz CT molecular complexity index is 1190. The van der Waals surface area contributed by atoms with Gasteiger partial charge in [-0.1, -0.05) is 42.7 Å². The van der Waals surface area contributed by atoms with Gasteiger partial charge in [0.2, 0.25) is 0 Å². The molecule has 4 aromatic rings. The minimum Gasteiger partial charge on any atom is -0.470 e. The van der Waals surface area contributed by atoms with Crippen LogP contribution in [-0.4, -0.2) is 20.7 Å². The molecular weight excluding hydrogens is 525 g/mol. The Morgan fingerprint density at radius 2 is 1.74 bits per heavy atom. The van der Waals surface area contributed by atoms with Gasteiger partial charge in [0.25, 0.3) is 5.91 Å². The standard InChI is InChI=1S/C16H9F3N3OS2.C7H10NO.K/c17-16(18,19)10-6-8-12(9-7-10)24-15-13(21-22-25-15)14(23)20-11-4-2-1-3-5-11;1-7(2,3)6-4-5-8-9-6;/h2-9H,(H,20,23);4H,1-3H3;/q2*-1;+1. The summed E-state index contributed by atoms with van der Waals surface area (Å²) in [5, 5.41) is 9.98. The monoisotopic (exact) mass is 543 g/mol. The first-order chi connectivity index (χ1) is 16.0. The van der Waals surface area contributed by atoms with Crippen LogP contribution in [0.25, 0.3) is 0 Å². The second-order valence-corrected chi connectivity index (χ2v) is 9.94. The zero-order valence-corrected chi connectivity index (χ0v) is 24.1. The minimum atomic E-state index is -4.38. The van der Waals surface area contributed by atoms with Crippen molar-refractivity contribution >= 4 is 34.9 Å². The number of halogens is 3. The van der Waals surface area contributed by atoms with Gasteiger partial charge in [0.1, 0.15) is 4.21 Å². The second kappa shape index (κ2) is 13.1. The van der Waals surface area contributed by atoms with Crippen LogP contribution in [0.4, 0.5) is 18.9 Å². The van der Waals surface area contributed by atoms with Crippen LogP contribution in [0.15, 0.2) is 68.2 Å². The summed E-state index contributed by atoms with van der Waals surface area (Å²) in [7, 11) is 0. The van der Waals surface area contributed by atoms with E-state index in [0.29, 0.717) is 14.8 Å². The molecule has 2 aromatic carbocycles. The molecule has 4 rings (SSSR count). The molecule has 0 atom stereocenters. The third-order valence-electron chi connectivity index (χ3n) is 4.17. The average molecular weight is 544 g/mol. The molecule has 0 saturated carbocycles. The fourth-order valence-electron chi connectivity index (χ4n) is 2.41. The molecule has 0 aliphatic heterocycles. The van der Waals surface area contributed by atoms with Gasteiger partial charge in [0.15, 0.2) is 5.69 Å². The van der Waals surface area contributed by atoms with E-state index in [9.17, 15) is 18.0 Å². The summed E-state index contributed by atoms with van der Waals surface area (Å²) in [6, 6.07) is 16.0. The molecule has 1 amide bonds. The van der Waals surface area contributed by atoms with Crippen molar-refractivity contribution in [1.29, 1.82) is 0 Å². The number of amides is 1. The molecule has 178 valence electrons. The van der Waals surface area contributed by atoms with E-state index in [-0.39, 0.29) is 62.5 Å². The molecule has 0 aliphatic carbocycles. The first-order valence-electron chi connectivity index (χ1n) is 9.82. The number of carbonyl (C=O) groups excluding carboxylic acids is 1. The molecule has 0 saturated heterocycles. The molecular formula is C23H19F3KN4O2S2-. The van der Waals surface area contributed by atoms with Crippen molar-refractivity contribution in [2.24, 2.45) is 0 Å². The van der Waals surface area contributed by atoms with Crippen LogP contribution >= 0.6 is 23.3 Å². The van der Waals surface area contributed by atoms with E-state index in [0.717, 1.165) is 41.2 Å². The van der Waals surface area contributed by atoms with Gasteiger partial charge >= 0.3 is 57.6 Å². The Morgan fingerprint density at radius 3 is 2.26 bits per heavy atom. The molecule has 0 aliphatic rings. The summed E-state index contributed by atoms with van der Waals surface area (Å²) >= 11 is 2.14. The number of rotatable bonds is 4. The molecule has 35 heavy (non-hydrogen) atoms. The third kappa shape index (κ3) is 9.12.